The molecule has 26 heavy (non-hydrogen) atoms. The molecule has 0 unspecified atom stereocenters. The Hall–Kier alpha value is -2.73. The molecule has 0 amide bonds. The van der Waals surface area contributed by atoms with Crippen LogP contribution in [-0.2, 0) is 0 Å². The van der Waals surface area contributed by atoms with Gasteiger partial charge in [-0.2, -0.15) is 0 Å². The fourth-order valence-corrected chi connectivity index (χ4v) is 3.37. The molecule has 2 aromatic carbocycles. The van der Waals surface area contributed by atoms with Crippen LogP contribution in [0.15, 0.2) is 53.6 Å². The Labute approximate surface area is 156 Å². The van der Waals surface area contributed by atoms with Gasteiger partial charge in [0.15, 0.2) is 17.3 Å². The van der Waals surface area contributed by atoms with Crippen LogP contribution in [0.2, 0.25) is 0 Å². The van der Waals surface area contributed by atoms with E-state index in [-0.39, 0.29) is 11.5 Å². The highest BCUT2D eigenvalue weighted by molar-refractivity contribution is 7.99. The van der Waals surface area contributed by atoms with E-state index in [1.54, 1.807) is 12.1 Å². The van der Waals surface area contributed by atoms with E-state index < -0.39 is 0 Å². The summed E-state index contributed by atoms with van der Waals surface area (Å²) in [6.45, 7) is 0. The number of carbonyl (C=O) groups excluding carboxylic acids is 1. The zero-order valence-corrected chi connectivity index (χ0v) is 15.6. The molecule has 3 aromatic rings. The number of Topliss-reactive ketones (excluding diaryl/α,β-unsaturated/α-hetero) is 1. The molecular weight excluding hydrogens is 350 g/mol. The van der Waals surface area contributed by atoms with Crippen LogP contribution in [0.5, 0.6) is 17.2 Å². The highest BCUT2D eigenvalue weighted by Gasteiger charge is 2.17. The number of ether oxygens (including phenoxy) is 3. The van der Waals surface area contributed by atoms with Crippen LogP contribution in [0.3, 0.4) is 0 Å². The molecule has 0 N–H and O–H groups in total. The summed E-state index contributed by atoms with van der Waals surface area (Å²) in [5, 5.41) is 1.89. The maximum atomic E-state index is 12.6. The molecule has 3 rings (SSSR count). The number of carbonyl (C=O) groups is 1. The largest absolute Gasteiger partial charge is 0.493 e. The fraction of sp³-hybridized carbons (Fsp3) is 0.200. The molecule has 0 aliphatic carbocycles. The van der Waals surface area contributed by atoms with E-state index in [1.807, 2.05) is 36.4 Å². The molecule has 0 radical (unpaired) electrons. The molecule has 1 heterocycles. The zero-order valence-electron chi connectivity index (χ0n) is 14.8. The highest BCUT2D eigenvalue weighted by Crippen LogP contribution is 2.38. The predicted octanol–water partition coefficient (Wildman–Crippen LogP) is 4.24. The molecular formula is C20H19NO4S. The minimum Gasteiger partial charge on any atom is -0.493 e. The third-order valence-corrected chi connectivity index (χ3v) is 4.84. The molecule has 0 aliphatic rings. The Bertz CT molecular complexity index is 917. The lowest BCUT2D eigenvalue weighted by Crippen LogP contribution is -2.05. The van der Waals surface area contributed by atoms with Crippen LogP contribution in [0, 0.1) is 0 Å². The van der Waals surface area contributed by atoms with Gasteiger partial charge in [0.2, 0.25) is 5.75 Å². The molecule has 0 atom stereocenters. The van der Waals surface area contributed by atoms with Crippen molar-refractivity contribution in [2.75, 3.05) is 27.1 Å². The Morgan fingerprint density at radius 3 is 2.31 bits per heavy atom. The Morgan fingerprint density at radius 1 is 0.962 bits per heavy atom. The average molecular weight is 369 g/mol. The number of pyridine rings is 1. The average Bonchev–Trinajstić information content (AvgIpc) is 2.70. The van der Waals surface area contributed by atoms with Gasteiger partial charge in [0, 0.05) is 10.9 Å². The third kappa shape index (κ3) is 3.75. The summed E-state index contributed by atoms with van der Waals surface area (Å²) >= 11 is 1.40. The van der Waals surface area contributed by atoms with Gasteiger partial charge < -0.3 is 14.2 Å². The maximum absolute atomic E-state index is 12.6. The van der Waals surface area contributed by atoms with Crippen LogP contribution in [0.1, 0.15) is 10.4 Å². The van der Waals surface area contributed by atoms with Crippen molar-refractivity contribution < 1.29 is 19.0 Å². The molecule has 0 fully saturated rings. The zero-order chi connectivity index (χ0) is 18.5. The monoisotopic (exact) mass is 369 g/mol. The summed E-state index contributed by atoms with van der Waals surface area (Å²) < 4.78 is 15.9. The highest BCUT2D eigenvalue weighted by atomic mass is 32.2. The standard InChI is InChI=1S/C20H19NO4S/c1-23-17-10-14(11-18(24-2)20(17)25-3)16(22)12-26-19-9-8-13-6-4-5-7-15(13)21-19/h4-11H,12H2,1-3H3. The number of thioether (sulfide) groups is 1. The first-order valence-corrected chi connectivity index (χ1v) is 8.96. The van der Waals surface area contributed by atoms with E-state index in [0.29, 0.717) is 22.8 Å². The number of methoxy groups -OCH3 is 3. The molecule has 0 aliphatic heterocycles. The third-order valence-electron chi connectivity index (χ3n) is 3.91. The summed E-state index contributed by atoms with van der Waals surface area (Å²) in [5.74, 6) is 1.62. The van der Waals surface area contributed by atoms with Gasteiger partial charge in [-0.3, -0.25) is 4.79 Å². The van der Waals surface area contributed by atoms with Crippen LogP contribution in [-0.4, -0.2) is 37.8 Å². The molecule has 6 heteroatoms. The Kier molecular flexibility index (Phi) is 5.63. The summed E-state index contributed by atoms with van der Waals surface area (Å²) in [6.07, 6.45) is 0. The van der Waals surface area contributed by atoms with Crippen molar-refractivity contribution in [3.63, 3.8) is 0 Å². The van der Waals surface area contributed by atoms with Crippen LogP contribution >= 0.6 is 11.8 Å². The van der Waals surface area contributed by atoms with Crippen molar-refractivity contribution in [3.05, 3.63) is 54.1 Å². The number of aromatic nitrogens is 1. The Morgan fingerprint density at radius 2 is 1.65 bits per heavy atom. The smallest absolute Gasteiger partial charge is 0.203 e. The van der Waals surface area contributed by atoms with Gasteiger partial charge in [0.05, 0.1) is 37.6 Å². The second kappa shape index (κ2) is 8.10. The van der Waals surface area contributed by atoms with Crippen LogP contribution in [0.25, 0.3) is 10.9 Å². The summed E-state index contributed by atoms with van der Waals surface area (Å²) in [7, 11) is 4.59. The lowest BCUT2D eigenvalue weighted by molar-refractivity contribution is 0.102. The van der Waals surface area contributed by atoms with Gasteiger partial charge in [-0.15, -0.1) is 0 Å². The van der Waals surface area contributed by atoms with Gasteiger partial charge in [-0.25, -0.2) is 4.98 Å². The summed E-state index contributed by atoms with van der Waals surface area (Å²) in [4.78, 5) is 17.2. The van der Waals surface area contributed by atoms with E-state index in [9.17, 15) is 4.79 Å². The maximum Gasteiger partial charge on any atom is 0.203 e. The van der Waals surface area contributed by atoms with Gasteiger partial charge >= 0.3 is 0 Å². The van der Waals surface area contributed by atoms with Gasteiger partial charge in [0.25, 0.3) is 0 Å². The molecule has 5 nitrogen and oxygen atoms in total. The predicted molar refractivity (Wildman–Crippen MR) is 103 cm³/mol. The van der Waals surface area contributed by atoms with Crippen molar-refractivity contribution in [2.24, 2.45) is 0 Å². The van der Waals surface area contributed by atoms with Gasteiger partial charge in [0.1, 0.15) is 0 Å². The van der Waals surface area contributed by atoms with Gasteiger partial charge in [-0.1, -0.05) is 36.0 Å². The number of nitrogens with zero attached hydrogens (tertiary/aromatic N) is 1. The molecule has 134 valence electrons. The molecule has 0 spiro atoms. The number of benzene rings is 2. The van der Waals surface area contributed by atoms with Crippen LogP contribution < -0.4 is 14.2 Å². The number of fused-ring (bicyclic) bond motifs is 1. The normalized spacial score (nSPS) is 10.6. The number of rotatable bonds is 7. The fourth-order valence-electron chi connectivity index (χ4n) is 2.59. The molecule has 0 saturated carbocycles. The summed E-state index contributed by atoms with van der Waals surface area (Å²) in [6, 6.07) is 15.2. The SMILES string of the molecule is COc1cc(C(=O)CSc2ccc3ccccc3n2)cc(OC)c1OC. The number of hydrogen-bond acceptors (Lipinski definition) is 6. The van der Waals surface area contributed by atoms with E-state index in [4.69, 9.17) is 14.2 Å². The van der Waals surface area contributed by atoms with Crippen LogP contribution in [0.4, 0.5) is 0 Å². The van der Waals surface area contributed by atoms with Crippen molar-refractivity contribution in [1.82, 2.24) is 4.98 Å². The van der Waals surface area contributed by atoms with Crippen molar-refractivity contribution in [1.29, 1.82) is 0 Å². The first kappa shape index (κ1) is 18.1. The topological polar surface area (TPSA) is 57.7 Å². The quantitative estimate of drug-likeness (QED) is 0.459. The number of hydrogen-bond donors (Lipinski definition) is 0. The van der Waals surface area contributed by atoms with E-state index in [1.165, 1.54) is 33.1 Å². The molecule has 1 aromatic heterocycles. The number of para-hydroxylation sites is 1. The Balaban J connectivity index is 1.78. The van der Waals surface area contributed by atoms with Crippen molar-refractivity contribution >= 4 is 28.4 Å². The van der Waals surface area contributed by atoms with Gasteiger partial charge in [-0.05, 0) is 24.3 Å². The van der Waals surface area contributed by atoms with E-state index in [2.05, 4.69) is 4.98 Å². The van der Waals surface area contributed by atoms with Crippen molar-refractivity contribution in [2.45, 2.75) is 5.03 Å². The summed E-state index contributed by atoms with van der Waals surface area (Å²) in [5.41, 5.74) is 1.42. The second-order valence-corrected chi connectivity index (χ2v) is 6.46. The lowest BCUT2D eigenvalue weighted by atomic mass is 10.1. The van der Waals surface area contributed by atoms with E-state index in [0.717, 1.165) is 15.9 Å². The molecule has 0 bridgehead atoms. The van der Waals surface area contributed by atoms with E-state index >= 15 is 0 Å². The minimum atomic E-state index is -0.0378. The van der Waals surface area contributed by atoms with Crippen molar-refractivity contribution in [3.8, 4) is 17.2 Å². The second-order valence-electron chi connectivity index (χ2n) is 5.47. The molecule has 0 saturated heterocycles. The first-order chi connectivity index (χ1) is 12.7. The minimum absolute atomic E-state index is 0.0378. The lowest BCUT2D eigenvalue weighted by Gasteiger charge is -2.13. The number of ketones is 1. The first-order valence-electron chi connectivity index (χ1n) is 7.98.